The number of hydrogen-bond acceptors (Lipinski definition) is 2. The van der Waals surface area contributed by atoms with Gasteiger partial charge in [0.25, 0.3) is 5.91 Å². The van der Waals surface area contributed by atoms with E-state index in [9.17, 15) is 4.79 Å². The zero-order valence-corrected chi connectivity index (χ0v) is 11.5. The lowest BCUT2D eigenvalue weighted by Crippen LogP contribution is -2.41. The Morgan fingerprint density at radius 3 is 2.63 bits per heavy atom. The number of morpholine rings is 1. The zero-order chi connectivity index (χ0) is 13.8. The van der Waals surface area contributed by atoms with Gasteiger partial charge in [-0.15, -0.1) is 6.42 Å². The van der Waals surface area contributed by atoms with Crippen molar-refractivity contribution in [2.75, 3.05) is 26.3 Å². The van der Waals surface area contributed by atoms with Gasteiger partial charge in [0.1, 0.15) is 0 Å². The highest BCUT2D eigenvalue weighted by Crippen LogP contribution is 2.20. The lowest BCUT2D eigenvalue weighted by molar-refractivity contribution is 0.0302. The van der Waals surface area contributed by atoms with E-state index >= 15 is 0 Å². The Morgan fingerprint density at radius 1 is 1.37 bits per heavy atom. The summed E-state index contributed by atoms with van der Waals surface area (Å²) in [7, 11) is 0. The van der Waals surface area contributed by atoms with Crippen molar-refractivity contribution in [3.8, 4) is 12.3 Å². The van der Waals surface area contributed by atoms with Gasteiger partial charge in [0.2, 0.25) is 0 Å². The summed E-state index contributed by atoms with van der Waals surface area (Å²) in [6.45, 7) is 6.68. The van der Waals surface area contributed by atoms with Crippen molar-refractivity contribution in [1.29, 1.82) is 0 Å². The Kier molecular flexibility index (Phi) is 4.24. The fourth-order valence-corrected chi connectivity index (χ4v) is 2.16. The summed E-state index contributed by atoms with van der Waals surface area (Å²) in [6.07, 6.45) is 5.54. The number of carbonyl (C=O) groups excluding carboxylic acids is 1. The summed E-state index contributed by atoms with van der Waals surface area (Å²) in [5.41, 5.74) is 2.46. The third-order valence-electron chi connectivity index (χ3n) is 3.39. The van der Waals surface area contributed by atoms with Gasteiger partial charge in [-0.05, 0) is 23.6 Å². The Balaban J connectivity index is 2.28. The topological polar surface area (TPSA) is 29.5 Å². The Morgan fingerprint density at radius 2 is 2.05 bits per heavy atom. The molecule has 0 atom stereocenters. The molecule has 100 valence electrons. The molecule has 3 heteroatoms. The van der Waals surface area contributed by atoms with Crippen molar-refractivity contribution in [2.45, 2.75) is 19.8 Å². The second-order valence-electron chi connectivity index (χ2n) is 5.01. The van der Waals surface area contributed by atoms with Crippen molar-refractivity contribution in [3.63, 3.8) is 0 Å². The molecule has 0 unspecified atom stereocenters. The van der Waals surface area contributed by atoms with Crippen LogP contribution < -0.4 is 0 Å². The van der Waals surface area contributed by atoms with Gasteiger partial charge in [-0.3, -0.25) is 4.79 Å². The lowest BCUT2D eigenvalue weighted by Gasteiger charge is -2.27. The molecule has 0 N–H and O–H groups in total. The van der Waals surface area contributed by atoms with Gasteiger partial charge in [-0.25, -0.2) is 0 Å². The molecule has 0 bridgehead atoms. The van der Waals surface area contributed by atoms with Gasteiger partial charge in [-0.2, -0.15) is 0 Å². The van der Waals surface area contributed by atoms with Crippen LogP contribution in [0, 0.1) is 12.3 Å². The molecule has 1 aromatic carbocycles. The van der Waals surface area contributed by atoms with Gasteiger partial charge in [0, 0.05) is 18.7 Å². The highest BCUT2D eigenvalue weighted by Gasteiger charge is 2.20. The van der Waals surface area contributed by atoms with Gasteiger partial charge >= 0.3 is 0 Å². The van der Waals surface area contributed by atoms with Crippen LogP contribution in [0.25, 0.3) is 0 Å². The summed E-state index contributed by atoms with van der Waals surface area (Å²) in [6, 6.07) is 5.78. The molecule has 1 fully saturated rings. The smallest absolute Gasteiger partial charge is 0.255 e. The van der Waals surface area contributed by atoms with Gasteiger partial charge in [0.05, 0.1) is 18.8 Å². The normalized spacial score (nSPS) is 15.4. The van der Waals surface area contributed by atoms with E-state index in [0.717, 1.165) is 5.56 Å². The minimum Gasteiger partial charge on any atom is -0.378 e. The van der Waals surface area contributed by atoms with E-state index in [4.69, 9.17) is 11.2 Å². The number of rotatable bonds is 2. The van der Waals surface area contributed by atoms with Crippen LogP contribution in [0.5, 0.6) is 0 Å². The zero-order valence-electron chi connectivity index (χ0n) is 11.5. The molecular formula is C16H19NO2. The van der Waals surface area contributed by atoms with Crippen LogP contribution in [0.2, 0.25) is 0 Å². The first-order chi connectivity index (χ1) is 9.13. The van der Waals surface area contributed by atoms with Gasteiger partial charge in [-0.1, -0.05) is 25.8 Å². The monoisotopic (exact) mass is 257 g/mol. The summed E-state index contributed by atoms with van der Waals surface area (Å²) in [5.74, 6) is 3.04. The molecule has 0 aromatic heterocycles. The minimum absolute atomic E-state index is 0.00607. The molecule has 2 rings (SSSR count). The van der Waals surface area contributed by atoms with E-state index in [1.165, 1.54) is 0 Å². The van der Waals surface area contributed by atoms with Crippen molar-refractivity contribution >= 4 is 5.91 Å². The molecule has 0 radical (unpaired) electrons. The first-order valence-electron chi connectivity index (χ1n) is 6.61. The van der Waals surface area contributed by atoms with E-state index < -0.39 is 0 Å². The summed E-state index contributed by atoms with van der Waals surface area (Å²) in [5, 5.41) is 0. The molecule has 0 aliphatic carbocycles. The third kappa shape index (κ3) is 2.97. The van der Waals surface area contributed by atoms with Crippen molar-refractivity contribution in [1.82, 2.24) is 4.90 Å². The van der Waals surface area contributed by atoms with Crippen LogP contribution in [-0.4, -0.2) is 37.1 Å². The summed E-state index contributed by atoms with van der Waals surface area (Å²) in [4.78, 5) is 14.2. The first kappa shape index (κ1) is 13.6. The molecule has 1 saturated heterocycles. The van der Waals surface area contributed by atoms with Crippen LogP contribution >= 0.6 is 0 Å². The van der Waals surface area contributed by atoms with Crippen molar-refractivity contribution in [2.24, 2.45) is 0 Å². The number of terminal acetylenes is 1. The average molecular weight is 257 g/mol. The summed E-state index contributed by atoms with van der Waals surface area (Å²) < 4.78 is 5.26. The number of hydrogen-bond donors (Lipinski definition) is 0. The lowest BCUT2D eigenvalue weighted by atomic mass is 9.97. The second-order valence-corrected chi connectivity index (χ2v) is 5.01. The van der Waals surface area contributed by atoms with Crippen molar-refractivity contribution in [3.05, 3.63) is 34.9 Å². The number of nitrogens with zero attached hydrogens (tertiary/aromatic N) is 1. The van der Waals surface area contributed by atoms with Gasteiger partial charge < -0.3 is 9.64 Å². The average Bonchev–Trinajstić information content (AvgIpc) is 2.46. The number of ether oxygens (including phenoxy) is 1. The Hall–Kier alpha value is -1.79. The Labute approximate surface area is 114 Å². The maximum atomic E-state index is 12.4. The molecule has 1 amide bonds. The molecule has 1 aliphatic rings. The van der Waals surface area contributed by atoms with E-state index in [-0.39, 0.29) is 5.91 Å². The second kappa shape index (κ2) is 5.90. The highest BCUT2D eigenvalue weighted by molar-refractivity contribution is 5.96. The SMILES string of the molecule is C#Cc1cc(C(C)C)ccc1C(=O)N1CCOCC1. The minimum atomic E-state index is 0.00607. The molecule has 0 saturated carbocycles. The van der Waals surface area contributed by atoms with Crippen LogP contribution in [0.3, 0.4) is 0 Å². The fraction of sp³-hybridized carbons (Fsp3) is 0.438. The van der Waals surface area contributed by atoms with Crippen LogP contribution in [0.1, 0.15) is 41.3 Å². The largest absolute Gasteiger partial charge is 0.378 e. The standard InChI is InChI=1S/C16H19NO2/c1-4-13-11-14(12(2)3)5-6-15(13)16(18)17-7-9-19-10-8-17/h1,5-6,11-12H,7-10H2,2-3H3. The van der Waals surface area contributed by atoms with Crippen LogP contribution in [-0.2, 0) is 4.74 Å². The molecule has 19 heavy (non-hydrogen) atoms. The maximum Gasteiger partial charge on any atom is 0.255 e. The molecular weight excluding hydrogens is 238 g/mol. The Bertz CT molecular complexity index is 508. The predicted octanol–water partition coefficient (Wildman–Crippen LogP) is 2.26. The molecule has 3 nitrogen and oxygen atoms in total. The van der Waals surface area contributed by atoms with Crippen LogP contribution in [0.15, 0.2) is 18.2 Å². The van der Waals surface area contributed by atoms with Crippen molar-refractivity contribution < 1.29 is 9.53 Å². The highest BCUT2D eigenvalue weighted by atomic mass is 16.5. The van der Waals surface area contributed by atoms with E-state index in [2.05, 4.69) is 19.8 Å². The molecule has 1 heterocycles. The molecule has 0 spiro atoms. The number of benzene rings is 1. The van der Waals surface area contributed by atoms with E-state index in [0.29, 0.717) is 43.3 Å². The van der Waals surface area contributed by atoms with Gasteiger partial charge in [0.15, 0.2) is 0 Å². The van der Waals surface area contributed by atoms with Crippen LogP contribution in [0.4, 0.5) is 0 Å². The molecule has 1 aliphatic heterocycles. The first-order valence-corrected chi connectivity index (χ1v) is 6.61. The quantitative estimate of drug-likeness (QED) is 0.761. The third-order valence-corrected chi connectivity index (χ3v) is 3.39. The maximum absolute atomic E-state index is 12.4. The number of carbonyl (C=O) groups is 1. The summed E-state index contributed by atoms with van der Waals surface area (Å²) >= 11 is 0. The fourth-order valence-electron chi connectivity index (χ4n) is 2.16. The number of amides is 1. The predicted molar refractivity (Wildman–Crippen MR) is 75.2 cm³/mol. The molecule has 1 aromatic rings. The van der Waals surface area contributed by atoms with E-state index in [1.54, 1.807) is 4.90 Å². The van der Waals surface area contributed by atoms with E-state index in [1.807, 2.05) is 18.2 Å².